The third-order valence-corrected chi connectivity index (χ3v) is 5.61. The maximum atomic E-state index is 13.1. The number of nitrogens with one attached hydrogen (secondary N) is 1. The Morgan fingerprint density at radius 3 is 2.54 bits per heavy atom. The zero-order chi connectivity index (χ0) is 20.3. The van der Waals surface area contributed by atoms with E-state index >= 15 is 0 Å². The Labute approximate surface area is 167 Å². The van der Waals surface area contributed by atoms with Crippen LogP contribution in [0.3, 0.4) is 0 Å². The van der Waals surface area contributed by atoms with E-state index in [0.717, 1.165) is 5.56 Å². The van der Waals surface area contributed by atoms with Crippen molar-refractivity contribution in [2.45, 2.75) is 43.8 Å². The predicted molar refractivity (Wildman–Crippen MR) is 110 cm³/mol. The molecule has 1 N–H and O–H groups in total. The fourth-order valence-corrected chi connectivity index (χ4v) is 3.88. The van der Waals surface area contributed by atoms with Gasteiger partial charge in [-0.05, 0) is 50.6 Å². The number of halogens is 1. The minimum atomic E-state index is -0.450. The monoisotopic (exact) mass is 399 g/mol. The quantitative estimate of drug-likeness (QED) is 0.504. The van der Waals surface area contributed by atoms with Crippen molar-refractivity contribution in [3.05, 3.63) is 70.3 Å². The first-order valence-corrected chi connectivity index (χ1v) is 10.0. The first kappa shape index (κ1) is 20.1. The predicted octanol–water partition coefficient (Wildman–Crippen LogP) is 3.91. The molecule has 0 radical (unpaired) electrons. The number of aromatic nitrogens is 2. The van der Waals surface area contributed by atoms with E-state index in [1.807, 2.05) is 26.0 Å². The first-order chi connectivity index (χ1) is 13.4. The van der Waals surface area contributed by atoms with Crippen LogP contribution in [0.25, 0.3) is 10.9 Å². The highest BCUT2D eigenvalue weighted by molar-refractivity contribution is 8.00. The molecule has 3 rings (SSSR count). The molecular weight excluding hydrogens is 377 g/mol. The molecule has 0 fully saturated rings. The van der Waals surface area contributed by atoms with Crippen LogP contribution in [0.2, 0.25) is 0 Å². The average Bonchev–Trinajstić information content (AvgIpc) is 2.68. The number of hydrogen-bond donors (Lipinski definition) is 1. The molecular formula is C21H22FN3O2S. The molecule has 2 atom stereocenters. The maximum absolute atomic E-state index is 13.1. The number of thioether (sulfide) groups is 1. The summed E-state index contributed by atoms with van der Waals surface area (Å²) in [5.41, 5.74) is 1.33. The van der Waals surface area contributed by atoms with Gasteiger partial charge in [-0.25, -0.2) is 9.37 Å². The smallest absolute Gasteiger partial charge is 0.262 e. The van der Waals surface area contributed by atoms with Crippen molar-refractivity contribution in [1.82, 2.24) is 14.9 Å². The Hall–Kier alpha value is -2.67. The molecule has 146 valence electrons. The second-order valence-corrected chi connectivity index (χ2v) is 7.81. The van der Waals surface area contributed by atoms with Gasteiger partial charge in [-0.1, -0.05) is 36.0 Å². The molecule has 1 amide bonds. The number of rotatable bonds is 6. The van der Waals surface area contributed by atoms with Crippen molar-refractivity contribution >= 4 is 28.6 Å². The molecule has 5 nitrogen and oxygen atoms in total. The van der Waals surface area contributed by atoms with E-state index in [9.17, 15) is 14.0 Å². The van der Waals surface area contributed by atoms with Gasteiger partial charge in [0.05, 0.1) is 22.2 Å². The molecule has 0 aliphatic rings. The van der Waals surface area contributed by atoms with Crippen LogP contribution in [0.1, 0.15) is 32.4 Å². The highest BCUT2D eigenvalue weighted by atomic mass is 32.2. The standard InChI is InChI=1S/C21H22FN3O2S/c1-4-25-20(27)17-7-5-6-8-18(17)24-21(25)28-14(3)19(26)23-13(2)15-9-11-16(22)12-10-15/h5-14H,4H2,1-3H3,(H,23,26)/t13-,14+/m0/s1. The summed E-state index contributed by atoms with van der Waals surface area (Å²) in [6, 6.07) is 13.0. The molecule has 2 aromatic carbocycles. The molecule has 1 aromatic heterocycles. The molecule has 0 bridgehead atoms. The van der Waals surface area contributed by atoms with Crippen molar-refractivity contribution in [2.24, 2.45) is 0 Å². The summed E-state index contributed by atoms with van der Waals surface area (Å²) < 4.78 is 14.7. The van der Waals surface area contributed by atoms with Gasteiger partial charge in [-0.2, -0.15) is 0 Å². The van der Waals surface area contributed by atoms with Crippen molar-refractivity contribution in [3.63, 3.8) is 0 Å². The molecule has 0 unspecified atom stereocenters. The van der Waals surface area contributed by atoms with Gasteiger partial charge >= 0.3 is 0 Å². The summed E-state index contributed by atoms with van der Waals surface area (Å²) in [4.78, 5) is 29.9. The van der Waals surface area contributed by atoms with E-state index in [1.54, 1.807) is 35.8 Å². The zero-order valence-electron chi connectivity index (χ0n) is 16.0. The number of carbonyl (C=O) groups excluding carboxylic acids is 1. The summed E-state index contributed by atoms with van der Waals surface area (Å²) >= 11 is 1.25. The van der Waals surface area contributed by atoms with Gasteiger partial charge in [0.25, 0.3) is 5.56 Å². The zero-order valence-corrected chi connectivity index (χ0v) is 16.8. The van der Waals surface area contributed by atoms with E-state index in [2.05, 4.69) is 10.3 Å². The number of carbonyl (C=O) groups is 1. The van der Waals surface area contributed by atoms with E-state index in [1.165, 1.54) is 23.9 Å². The Bertz CT molecular complexity index is 1050. The molecule has 1 heterocycles. The number of fused-ring (bicyclic) bond motifs is 1. The van der Waals surface area contributed by atoms with Gasteiger partial charge in [0.15, 0.2) is 5.16 Å². The van der Waals surface area contributed by atoms with Crippen LogP contribution < -0.4 is 10.9 Å². The van der Waals surface area contributed by atoms with E-state index in [-0.39, 0.29) is 23.3 Å². The Morgan fingerprint density at radius 2 is 1.86 bits per heavy atom. The molecule has 0 saturated heterocycles. The van der Waals surface area contributed by atoms with Gasteiger partial charge < -0.3 is 5.32 Å². The molecule has 0 aliphatic heterocycles. The fraction of sp³-hybridized carbons (Fsp3) is 0.286. The Balaban J connectivity index is 1.78. The molecule has 0 saturated carbocycles. The van der Waals surface area contributed by atoms with Crippen LogP contribution in [-0.2, 0) is 11.3 Å². The maximum Gasteiger partial charge on any atom is 0.262 e. The Kier molecular flexibility index (Phi) is 6.14. The number of hydrogen-bond acceptors (Lipinski definition) is 4. The van der Waals surface area contributed by atoms with Crippen molar-refractivity contribution in [1.29, 1.82) is 0 Å². The van der Waals surface area contributed by atoms with Gasteiger partial charge in [0, 0.05) is 6.54 Å². The molecule has 0 aliphatic carbocycles. The number of nitrogens with zero attached hydrogens (tertiary/aromatic N) is 2. The number of amides is 1. The minimum absolute atomic E-state index is 0.108. The highest BCUT2D eigenvalue weighted by Crippen LogP contribution is 2.23. The van der Waals surface area contributed by atoms with Crippen molar-refractivity contribution in [3.8, 4) is 0 Å². The number of para-hydroxylation sites is 1. The van der Waals surface area contributed by atoms with Gasteiger partial charge in [-0.3, -0.25) is 14.2 Å². The summed E-state index contributed by atoms with van der Waals surface area (Å²) in [6.45, 7) is 5.97. The summed E-state index contributed by atoms with van der Waals surface area (Å²) in [7, 11) is 0. The van der Waals surface area contributed by atoms with E-state index in [4.69, 9.17) is 0 Å². The van der Waals surface area contributed by atoms with Gasteiger partial charge in [-0.15, -0.1) is 0 Å². The van der Waals surface area contributed by atoms with Gasteiger partial charge in [0.1, 0.15) is 5.82 Å². The van der Waals surface area contributed by atoms with E-state index in [0.29, 0.717) is 22.6 Å². The Morgan fingerprint density at radius 1 is 1.18 bits per heavy atom. The minimum Gasteiger partial charge on any atom is -0.349 e. The largest absolute Gasteiger partial charge is 0.349 e. The summed E-state index contributed by atoms with van der Waals surface area (Å²) in [5, 5.41) is 3.56. The second-order valence-electron chi connectivity index (χ2n) is 6.50. The van der Waals surface area contributed by atoms with Crippen LogP contribution in [0.4, 0.5) is 4.39 Å². The first-order valence-electron chi connectivity index (χ1n) is 9.12. The number of benzene rings is 2. The molecule has 3 aromatic rings. The normalized spacial score (nSPS) is 13.3. The van der Waals surface area contributed by atoms with Crippen LogP contribution in [0.15, 0.2) is 58.5 Å². The van der Waals surface area contributed by atoms with Crippen LogP contribution in [0, 0.1) is 5.82 Å². The molecule has 7 heteroatoms. The second kappa shape index (κ2) is 8.56. The van der Waals surface area contributed by atoms with E-state index < -0.39 is 5.25 Å². The van der Waals surface area contributed by atoms with Crippen LogP contribution in [-0.4, -0.2) is 20.7 Å². The SMILES string of the molecule is CCn1c(S[C@H](C)C(=O)N[C@@H](C)c2ccc(F)cc2)nc2ccccc2c1=O. The van der Waals surface area contributed by atoms with Crippen molar-refractivity contribution in [2.75, 3.05) is 0 Å². The molecule has 0 spiro atoms. The lowest BCUT2D eigenvalue weighted by molar-refractivity contribution is -0.120. The summed E-state index contributed by atoms with van der Waals surface area (Å²) in [5.74, 6) is -0.488. The average molecular weight is 399 g/mol. The third kappa shape index (κ3) is 4.25. The lowest BCUT2D eigenvalue weighted by atomic mass is 10.1. The van der Waals surface area contributed by atoms with Crippen molar-refractivity contribution < 1.29 is 9.18 Å². The van der Waals surface area contributed by atoms with Crippen LogP contribution in [0.5, 0.6) is 0 Å². The highest BCUT2D eigenvalue weighted by Gasteiger charge is 2.20. The van der Waals surface area contributed by atoms with Gasteiger partial charge in [0.2, 0.25) is 5.91 Å². The van der Waals surface area contributed by atoms with Crippen LogP contribution >= 0.6 is 11.8 Å². The fourth-order valence-electron chi connectivity index (χ4n) is 2.89. The topological polar surface area (TPSA) is 64.0 Å². The molecule has 28 heavy (non-hydrogen) atoms. The lowest BCUT2D eigenvalue weighted by Gasteiger charge is -2.19. The summed E-state index contributed by atoms with van der Waals surface area (Å²) in [6.07, 6.45) is 0. The lowest BCUT2D eigenvalue weighted by Crippen LogP contribution is -2.33. The third-order valence-electron chi connectivity index (χ3n) is 4.52.